The molecule has 0 N–H and O–H groups in total. The quantitative estimate of drug-likeness (QED) is 0.208. The molecule has 2 heterocycles. The molecule has 8 aromatic rings. The Balaban J connectivity index is 1.33. The predicted molar refractivity (Wildman–Crippen MR) is 175 cm³/mol. The average Bonchev–Trinajstić information content (AvgIpc) is 3.66. The molecule has 1 aliphatic rings. The van der Waals surface area contributed by atoms with Crippen molar-refractivity contribution < 1.29 is 8.83 Å². The van der Waals surface area contributed by atoms with Gasteiger partial charge >= 0.3 is 0 Å². The van der Waals surface area contributed by atoms with Gasteiger partial charge in [-0.3, -0.25) is 0 Å². The van der Waals surface area contributed by atoms with E-state index in [0.717, 1.165) is 33.3 Å². The fourth-order valence-corrected chi connectivity index (χ4v) is 7.48. The Labute approximate surface area is 244 Å². The largest absolute Gasteiger partial charge is 0.460 e. The first-order valence-corrected chi connectivity index (χ1v) is 15.2. The molecule has 1 fully saturated rings. The maximum Gasteiger partial charge on any atom is 0.142 e. The lowest BCUT2D eigenvalue weighted by Crippen LogP contribution is -2.02. The van der Waals surface area contributed by atoms with Gasteiger partial charge in [-0.15, -0.1) is 0 Å². The molecular formula is C40H30O2. The van der Waals surface area contributed by atoms with E-state index in [1.54, 1.807) is 0 Å². The second-order valence-electron chi connectivity index (χ2n) is 11.9. The smallest absolute Gasteiger partial charge is 0.142 e. The Morgan fingerprint density at radius 3 is 1.86 bits per heavy atom. The van der Waals surface area contributed by atoms with Gasteiger partial charge in [-0.25, -0.2) is 0 Å². The third kappa shape index (κ3) is 3.58. The van der Waals surface area contributed by atoms with E-state index in [0.29, 0.717) is 5.92 Å². The molecule has 2 nitrogen and oxygen atoms in total. The van der Waals surface area contributed by atoms with Gasteiger partial charge in [0.15, 0.2) is 0 Å². The Morgan fingerprint density at radius 2 is 1.12 bits per heavy atom. The van der Waals surface area contributed by atoms with Crippen LogP contribution in [0.1, 0.15) is 43.8 Å². The minimum Gasteiger partial charge on any atom is -0.460 e. The zero-order valence-corrected chi connectivity index (χ0v) is 23.4. The van der Waals surface area contributed by atoms with Crippen LogP contribution in [-0.2, 0) is 0 Å². The third-order valence-electron chi connectivity index (χ3n) is 9.44. The van der Waals surface area contributed by atoms with Crippen molar-refractivity contribution in [2.75, 3.05) is 0 Å². The molecule has 0 bridgehead atoms. The molecule has 2 heteroatoms. The highest BCUT2D eigenvalue weighted by atomic mass is 16.3. The van der Waals surface area contributed by atoms with Gasteiger partial charge in [0.2, 0.25) is 0 Å². The zero-order valence-electron chi connectivity index (χ0n) is 23.4. The van der Waals surface area contributed by atoms with Gasteiger partial charge < -0.3 is 8.83 Å². The highest BCUT2D eigenvalue weighted by Gasteiger charge is 2.23. The monoisotopic (exact) mass is 542 g/mol. The van der Waals surface area contributed by atoms with Crippen LogP contribution in [0, 0.1) is 0 Å². The predicted octanol–water partition coefficient (Wildman–Crippen LogP) is 12.0. The van der Waals surface area contributed by atoms with Gasteiger partial charge in [-0.2, -0.15) is 0 Å². The topological polar surface area (TPSA) is 26.3 Å². The van der Waals surface area contributed by atoms with Crippen LogP contribution in [0.15, 0.2) is 124 Å². The van der Waals surface area contributed by atoms with Crippen molar-refractivity contribution in [3.05, 3.63) is 121 Å². The third-order valence-corrected chi connectivity index (χ3v) is 9.44. The standard InChI is InChI=1S/C40H30O2/c1-2-11-25(12-3-1)37-24-27-13-10-19-33(40(27)42-37)39-31-17-6-4-15-29(31)38(30-16-5-7-18-32(30)39)26-21-22-36-34(23-26)28-14-8-9-20-35(28)41-36/h4-10,13-25H,1-3,11-12H2. The molecule has 9 rings (SSSR count). The molecule has 0 radical (unpaired) electrons. The maximum absolute atomic E-state index is 6.78. The van der Waals surface area contributed by atoms with E-state index in [1.807, 2.05) is 12.1 Å². The Bertz CT molecular complexity index is 2230. The van der Waals surface area contributed by atoms with E-state index in [-0.39, 0.29) is 0 Å². The fourth-order valence-electron chi connectivity index (χ4n) is 7.48. The molecule has 0 spiro atoms. The molecule has 1 aliphatic carbocycles. The van der Waals surface area contributed by atoms with Gasteiger partial charge in [0.05, 0.1) is 0 Å². The van der Waals surface area contributed by atoms with Crippen LogP contribution in [0.25, 0.3) is 76.7 Å². The zero-order chi connectivity index (χ0) is 27.6. The fraction of sp³-hybridized carbons (Fsp3) is 0.150. The van der Waals surface area contributed by atoms with E-state index in [1.165, 1.54) is 81.3 Å². The average molecular weight is 543 g/mol. The van der Waals surface area contributed by atoms with Crippen LogP contribution in [-0.4, -0.2) is 0 Å². The lowest BCUT2D eigenvalue weighted by molar-refractivity contribution is 0.385. The highest BCUT2D eigenvalue weighted by Crippen LogP contribution is 2.47. The first kappa shape index (κ1) is 23.8. The van der Waals surface area contributed by atoms with Crippen LogP contribution in [0.5, 0.6) is 0 Å². The van der Waals surface area contributed by atoms with Crippen molar-refractivity contribution in [3.63, 3.8) is 0 Å². The normalized spacial score (nSPS) is 14.6. The van der Waals surface area contributed by atoms with Crippen LogP contribution in [0.2, 0.25) is 0 Å². The van der Waals surface area contributed by atoms with Crippen LogP contribution >= 0.6 is 0 Å². The molecule has 1 saturated carbocycles. The number of fused-ring (bicyclic) bond motifs is 6. The molecule has 42 heavy (non-hydrogen) atoms. The van der Waals surface area contributed by atoms with E-state index in [4.69, 9.17) is 8.83 Å². The summed E-state index contributed by atoms with van der Waals surface area (Å²) >= 11 is 0. The van der Waals surface area contributed by atoms with Gasteiger partial charge in [-0.1, -0.05) is 110 Å². The van der Waals surface area contributed by atoms with E-state index < -0.39 is 0 Å². The number of rotatable bonds is 3. The molecule has 202 valence electrons. The van der Waals surface area contributed by atoms with E-state index >= 15 is 0 Å². The SMILES string of the molecule is c1cc(-c2c3ccccc3c(-c3ccc4oc5ccccc5c4c3)c3ccccc23)c2oc(C3CCCCC3)cc2c1. The van der Waals surface area contributed by atoms with Gasteiger partial charge in [0.25, 0.3) is 0 Å². The summed E-state index contributed by atoms with van der Waals surface area (Å²) in [6, 6.07) is 41.6. The van der Waals surface area contributed by atoms with E-state index in [9.17, 15) is 0 Å². The maximum atomic E-state index is 6.78. The van der Waals surface area contributed by atoms with Crippen molar-refractivity contribution in [3.8, 4) is 22.3 Å². The summed E-state index contributed by atoms with van der Waals surface area (Å²) in [6.07, 6.45) is 6.39. The first-order valence-electron chi connectivity index (χ1n) is 15.2. The van der Waals surface area contributed by atoms with E-state index in [2.05, 4.69) is 103 Å². The number of hydrogen-bond acceptors (Lipinski definition) is 2. The molecule has 0 aliphatic heterocycles. The van der Waals surface area contributed by atoms with Crippen LogP contribution in [0.3, 0.4) is 0 Å². The summed E-state index contributed by atoms with van der Waals surface area (Å²) < 4.78 is 12.9. The van der Waals surface area contributed by atoms with Crippen molar-refractivity contribution in [2.45, 2.75) is 38.0 Å². The summed E-state index contributed by atoms with van der Waals surface area (Å²) in [5.41, 5.74) is 7.72. The Morgan fingerprint density at radius 1 is 0.476 bits per heavy atom. The second kappa shape index (κ2) is 9.36. The summed E-state index contributed by atoms with van der Waals surface area (Å²) in [7, 11) is 0. The first-order chi connectivity index (χ1) is 20.8. The van der Waals surface area contributed by atoms with Crippen molar-refractivity contribution in [1.82, 2.24) is 0 Å². The number of hydrogen-bond donors (Lipinski definition) is 0. The molecule has 0 amide bonds. The number of furan rings is 2. The minimum absolute atomic E-state index is 0.531. The summed E-state index contributed by atoms with van der Waals surface area (Å²) in [4.78, 5) is 0. The molecular weight excluding hydrogens is 512 g/mol. The van der Waals surface area contributed by atoms with Gasteiger partial charge in [-0.05, 0) is 69.8 Å². The van der Waals surface area contributed by atoms with Crippen LogP contribution < -0.4 is 0 Å². The highest BCUT2D eigenvalue weighted by molar-refractivity contribution is 6.23. The molecule has 2 aromatic heterocycles. The lowest BCUT2D eigenvalue weighted by Gasteiger charge is -2.19. The number of benzene rings is 6. The Hall–Kier alpha value is -4.82. The number of para-hydroxylation sites is 2. The van der Waals surface area contributed by atoms with Crippen molar-refractivity contribution >= 4 is 54.5 Å². The van der Waals surface area contributed by atoms with Crippen molar-refractivity contribution in [1.29, 1.82) is 0 Å². The van der Waals surface area contributed by atoms with Gasteiger partial charge in [0.1, 0.15) is 22.5 Å². The van der Waals surface area contributed by atoms with Gasteiger partial charge in [0, 0.05) is 33.2 Å². The minimum atomic E-state index is 0.531. The summed E-state index contributed by atoms with van der Waals surface area (Å²) in [6.45, 7) is 0. The molecule has 0 unspecified atom stereocenters. The second-order valence-corrected chi connectivity index (χ2v) is 11.9. The summed E-state index contributed by atoms with van der Waals surface area (Å²) in [5.74, 6) is 1.69. The molecule has 6 aromatic carbocycles. The lowest BCUT2D eigenvalue weighted by atomic mass is 9.85. The molecule has 0 atom stereocenters. The van der Waals surface area contributed by atoms with Crippen LogP contribution in [0.4, 0.5) is 0 Å². The summed E-state index contributed by atoms with van der Waals surface area (Å²) in [5, 5.41) is 8.47. The molecule has 0 saturated heterocycles. The Kier molecular flexibility index (Phi) is 5.31. The van der Waals surface area contributed by atoms with Crippen molar-refractivity contribution in [2.24, 2.45) is 0 Å².